The summed E-state index contributed by atoms with van der Waals surface area (Å²) in [5.41, 5.74) is 0.251. The summed E-state index contributed by atoms with van der Waals surface area (Å²) in [6.07, 6.45) is 3.45. The van der Waals surface area contributed by atoms with Crippen molar-refractivity contribution in [3.63, 3.8) is 0 Å². The normalized spacial score (nSPS) is 27.0. The summed E-state index contributed by atoms with van der Waals surface area (Å²) >= 11 is 3.32. The van der Waals surface area contributed by atoms with Crippen molar-refractivity contribution in [2.45, 2.75) is 39.2 Å². The first-order valence-electron chi connectivity index (χ1n) is 6.66. The van der Waals surface area contributed by atoms with Crippen LogP contribution in [0.25, 0.3) is 0 Å². The minimum Gasteiger partial charge on any atom is -0.490 e. The van der Waals surface area contributed by atoms with Gasteiger partial charge in [0.2, 0.25) is 0 Å². The summed E-state index contributed by atoms with van der Waals surface area (Å²) in [4.78, 5) is 11.0. The lowest BCUT2D eigenvalue weighted by molar-refractivity contribution is 0.0694. The molecule has 4 heteroatoms. The van der Waals surface area contributed by atoms with Crippen molar-refractivity contribution in [3.05, 3.63) is 28.2 Å². The van der Waals surface area contributed by atoms with Crippen LogP contribution in [-0.2, 0) is 0 Å². The highest BCUT2D eigenvalue weighted by molar-refractivity contribution is 9.10. The highest BCUT2D eigenvalue weighted by atomic mass is 79.9. The van der Waals surface area contributed by atoms with Gasteiger partial charge in [0.1, 0.15) is 5.75 Å². The van der Waals surface area contributed by atoms with Crippen LogP contribution in [-0.4, -0.2) is 17.2 Å². The summed E-state index contributed by atoms with van der Waals surface area (Å²) in [5, 5.41) is 9.04. The number of carboxylic acid groups (broad SMARTS) is 1. The van der Waals surface area contributed by atoms with Crippen molar-refractivity contribution in [2.24, 2.45) is 11.8 Å². The SMILES string of the molecule is CC1CCC(Oc2cc(Br)cc(C(=O)O)c2)CC1C. The molecule has 0 amide bonds. The number of hydrogen-bond donors (Lipinski definition) is 1. The van der Waals surface area contributed by atoms with Crippen molar-refractivity contribution in [1.29, 1.82) is 0 Å². The van der Waals surface area contributed by atoms with Crippen molar-refractivity contribution in [1.82, 2.24) is 0 Å². The van der Waals surface area contributed by atoms with E-state index in [1.165, 1.54) is 6.42 Å². The van der Waals surface area contributed by atoms with E-state index in [1.807, 2.05) is 6.07 Å². The zero-order valence-corrected chi connectivity index (χ0v) is 12.8. The molecule has 0 saturated heterocycles. The van der Waals surface area contributed by atoms with E-state index < -0.39 is 5.97 Å². The van der Waals surface area contributed by atoms with Crippen LogP contribution in [0.4, 0.5) is 0 Å². The van der Waals surface area contributed by atoms with Crippen LogP contribution < -0.4 is 4.74 Å². The minimum atomic E-state index is -0.934. The monoisotopic (exact) mass is 326 g/mol. The summed E-state index contributed by atoms with van der Waals surface area (Å²) in [7, 11) is 0. The van der Waals surface area contributed by atoms with Crippen LogP contribution in [0.3, 0.4) is 0 Å². The first-order chi connectivity index (χ1) is 8.95. The van der Waals surface area contributed by atoms with Gasteiger partial charge in [-0.2, -0.15) is 0 Å². The standard InChI is InChI=1S/C15H19BrO3/c1-9-3-4-13(5-10(9)2)19-14-7-11(15(17)18)6-12(16)8-14/h6-10,13H,3-5H2,1-2H3,(H,17,18). The molecule has 3 atom stereocenters. The Morgan fingerprint density at radius 2 is 2.00 bits per heavy atom. The second kappa shape index (κ2) is 5.95. The van der Waals surface area contributed by atoms with E-state index >= 15 is 0 Å². The van der Waals surface area contributed by atoms with E-state index in [2.05, 4.69) is 29.8 Å². The van der Waals surface area contributed by atoms with Gasteiger partial charge in [0.15, 0.2) is 0 Å². The molecule has 104 valence electrons. The number of benzene rings is 1. The van der Waals surface area contributed by atoms with Crippen molar-refractivity contribution in [3.8, 4) is 5.75 Å². The van der Waals surface area contributed by atoms with Gasteiger partial charge >= 0.3 is 5.97 Å². The molecule has 3 unspecified atom stereocenters. The largest absolute Gasteiger partial charge is 0.490 e. The Kier molecular flexibility index (Phi) is 4.50. The summed E-state index contributed by atoms with van der Waals surface area (Å²) in [6, 6.07) is 5.01. The quantitative estimate of drug-likeness (QED) is 0.898. The summed E-state index contributed by atoms with van der Waals surface area (Å²) in [6.45, 7) is 4.53. The highest BCUT2D eigenvalue weighted by Crippen LogP contribution is 2.32. The van der Waals surface area contributed by atoms with Crippen LogP contribution in [0.1, 0.15) is 43.5 Å². The molecule has 2 rings (SSSR count). The van der Waals surface area contributed by atoms with Gasteiger partial charge in [0.05, 0.1) is 11.7 Å². The van der Waals surface area contributed by atoms with Crippen LogP contribution in [0.15, 0.2) is 22.7 Å². The molecular weight excluding hydrogens is 308 g/mol. The van der Waals surface area contributed by atoms with Crippen molar-refractivity contribution < 1.29 is 14.6 Å². The molecule has 1 aliphatic rings. The van der Waals surface area contributed by atoms with Crippen LogP contribution in [0.2, 0.25) is 0 Å². The predicted octanol–water partition coefficient (Wildman–Crippen LogP) is 4.35. The fourth-order valence-electron chi connectivity index (χ4n) is 2.55. The molecule has 1 aromatic rings. The zero-order valence-electron chi connectivity index (χ0n) is 11.2. The Hall–Kier alpha value is -1.03. The van der Waals surface area contributed by atoms with Crippen molar-refractivity contribution >= 4 is 21.9 Å². The average molecular weight is 327 g/mol. The number of ether oxygens (including phenoxy) is 1. The van der Waals surface area contributed by atoms with Crippen LogP contribution in [0.5, 0.6) is 5.75 Å². The Balaban J connectivity index is 2.09. The van der Waals surface area contributed by atoms with Gasteiger partial charge in [-0.25, -0.2) is 4.79 Å². The average Bonchev–Trinajstić information content (AvgIpc) is 2.33. The third kappa shape index (κ3) is 3.72. The van der Waals surface area contributed by atoms with Gasteiger partial charge in [-0.15, -0.1) is 0 Å². The maximum Gasteiger partial charge on any atom is 0.335 e. The number of carbonyl (C=O) groups is 1. The molecule has 1 aliphatic carbocycles. The van der Waals surface area contributed by atoms with Crippen LogP contribution in [0, 0.1) is 11.8 Å². The van der Waals surface area contributed by atoms with Crippen LogP contribution >= 0.6 is 15.9 Å². The smallest absolute Gasteiger partial charge is 0.335 e. The predicted molar refractivity (Wildman–Crippen MR) is 77.7 cm³/mol. The number of halogens is 1. The molecule has 0 aromatic heterocycles. The van der Waals surface area contributed by atoms with E-state index in [0.717, 1.165) is 23.2 Å². The molecule has 1 saturated carbocycles. The van der Waals surface area contributed by atoms with Gasteiger partial charge < -0.3 is 9.84 Å². The Morgan fingerprint density at radius 3 is 2.63 bits per heavy atom. The van der Waals surface area contributed by atoms with E-state index in [9.17, 15) is 4.79 Å². The highest BCUT2D eigenvalue weighted by Gasteiger charge is 2.25. The molecule has 19 heavy (non-hydrogen) atoms. The molecule has 0 spiro atoms. The summed E-state index contributed by atoms with van der Waals surface area (Å²) in [5.74, 6) is 1.11. The molecule has 3 nitrogen and oxygen atoms in total. The Labute approximate surface area is 122 Å². The molecule has 0 bridgehead atoms. The lowest BCUT2D eigenvalue weighted by Crippen LogP contribution is -2.28. The minimum absolute atomic E-state index is 0.196. The third-order valence-corrected chi connectivity index (χ3v) is 4.43. The Morgan fingerprint density at radius 1 is 1.26 bits per heavy atom. The van der Waals surface area contributed by atoms with Crippen molar-refractivity contribution in [2.75, 3.05) is 0 Å². The number of rotatable bonds is 3. The van der Waals surface area contributed by atoms with Gasteiger partial charge in [-0.1, -0.05) is 29.8 Å². The number of carboxylic acids is 1. The molecular formula is C15H19BrO3. The first-order valence-corrected chi connectivity index (χ1v) is 7.45. The van der Waals surface area contributed by atoms with E-state index in [4.69, 9.17) is 9.84 Å². The molecule has 1 aromatic carbocycles. The third-order valence-electron chi connectivity index (χ3n) is 3.97. The maximum atomic E-state index is 11.0. The van der Waals surface area contributed by atoms with Gasteiger partial charge in [-0.3, -0.25) is 0 Å². The molecule has 0 heterocycles. The second-order valence-electron chi connectivity index (χ2n) is 5.49. The lowest BCUT2D eigenvalue weighted by Gasteiger charge is -2.32. The fourth-order valence-corrected chi connectivity index (χ4v) is 3.02. The molecule has 1 fully saturated rings. The zero-order chi connectivity index (χ0) is 14.0. The van der Waals surface area contributed by atoms with E-state index in [0.29, 0.717) is 11.7 Å². The first kappa shape index (κ1) is 14.4. The molecule has 1 N–H and O–H groups in total. The fraction of sp³-hybridized carbons (Fsp3) is 0.533. The number of hydrogen-bond acceptors (Lipinski definition) is 2. The molecule has 0 radical (unpaired) electrons. The van der Waals surface area contributed by atoms with E-state index in [1.54, 1.807) is 12.1 Å². The topological polar surface area (TPSA) is 46.5 Å². The molecule has 0 aliphatic heterocycles. The lowest BCUT2D eigenvalue weighted by atomic mass is 9.80. The van der Waals surface area contributed by atoms with Gasteiger partial charge in [-0.05, 0) is 49.3 Å². The maximum absolute atomic E-state index is 11.0. The van der Waals surface area contributed by atoms with E-state index in [-0.39, 0.29) is 11.7 Å². The van der Waals surface area contributed by atoms with Gasteiger partial charge in [0.25, 0.3) is 0 Å². The number of aromatic carboxylic acids is 1. The Bertz CT molecular complexity index is 472. The summed E-state index contributed by atoms with van der Waals surface area (Å²) < 4.78 is 6.69. The second-order valence-corrected chi connectivity index (χ2v) is 6.40. The van der Waals surface area contributed by atoms with Gasteiger partial charge in [0, 0.05) is 4.47 Å².